The fraction of sp³-hybridized carbons (Fsp3) is 0.125. The molecule has 0 N–H and O–H groups in total. The van der Waals surface area contributed by atoms with E-state index >= 15 is 0 Å². The highest BCUT2D eigenvalue weighted by Gasteiger charge is 2.13. The molecule has 1 aromatic carbocycles. The minimum absolute atomic E-state index is 0.916. The summed E-state index contributed by atoms with van der Waals surface area (Å²) >= 11 is 1.83. The number of hydrogen-bond donors (Lipinski definition) is 0. The number of rotatable bonds is 0. The first-order valence-corrected chi connectivity index (χ1v) is 4.26. The lowest BCUT2D eigenvalue weighted by Gasteiger charge is -1.85. The first kappa shape index (κ1) is 4.97. The fourth-order valence-corrected chi connectivity index (χ4v) is 2.09. The molecule has 0 aromatic heterocycles. The van der Waals surface area contributed by atoms with Gasteiger partial charge in [0.1, 0.15) is 0 Å². The van der Waals surface area contributed by atoms with Gasteiger partial charge in [0.05, 0.1) is 11.2 Å². The number of thioether (sulfide) groups is 1. The van der Waals surface area contributed by atoms with E-state index < -0.39 is 0 Å². The Bertz CT molecular complexity index is 420. The maximum atomic E-state index is 4.38. The van der Waals surface area contributed by atoms with Crippen molar-refractivity contribution in [1.82, 2.24) is 0 Å². The minimum Gasteiger partial charge on any atom is -0.272 e. The van der Waals surface area contributed by atoms with Crippen LogP contribution < -0.4 is 10.6 Å². The van der Waals surface area contributed by atoms with Crippen molar-refractivity contribution in [2.45, 2.75) is 4.90 Å². The summed E-state index contributed by atoms with van der Waals surface area (Å²) in [6.45, 7) is 0. The molecule has 2 aliphatic rings. The summed E-state index contributed by atoms with van der Waals surface area (Å²) in [5.41, 5.74) is 1.38. The zero-order chi connectivity index (χ0) is 6.55. The van der Waals surface area contributed by atoms with Gasteiger partial charge < -0.3 is 0 Å². The Labute approximate surface area is 62.5 Å². The summed E-state index contributed by atoms with van der Waals surface area (Å²) < 4.78 is 0. The van der Waals surface area contributed by atoms with E-state index in [0.29, 0.717) is 0 Å². The van der Waals surface area contributed by atoms with E-state index in [1.807, 2.05) is 11.8 Å². The van der Waals surface area contributed by atoms with Crippen molar-refractivity contribution in [1.29, 1.82) is 0 Å². The molecule has 0 saturated heterocycles. The maximum Gasteiger partial charge on any atom is 0.0898 e. The monoisotopic (exact) mass is 147 g/mol. The van der Waals surface area contributed by atoms with E-state index in [2.05, 4.69) is 23.2 Å². The summed E-state index contributed by atoms with van der Waals surface area (Å²) in [4.78, 5) is 5.74. The van der Waals surface area contributed by atoms with Crippen molar-refractivity contribution >= 4 is 17.8 Å². The summed E-state index contributed by atoms with van der Waals surface area (Å²) in [5, 5.41) is 2.62. The van der Waals surface area contributed by atoms with Crippen LogP contribution in [0.2, 0.25) is 0 Å². The zero-order valence-corrected chi connectivity index (χ0v) is 6.11. The molecule has 0 unspecified atom stereocenters. The van der Waals surface area contributed by atoms with Gasteiger partial charge in [0.15, 0.2) is 0 Å². The lowest BCUT2D eigenvalue weighted by atomic mass is 10.3. The second-order valence-corrected chi connectivity index (χ2v) is 3.48. The van der Waals surface area contributed by atoms with Crippen molar-refractivity contribution in [3.05, 3.63) is 28.3 Å². The lowest BCUT2D eigenvalue weighted by Crippen LogP contribution is -2.17. The van der Waals surface area contributed by atoms with E-state index in [9.17, 15) is 0 Å². The van der Waals surface area contributed by atoms with Crippen LogP contribution in [-0.2, 0) is 0 Å². The Morgan fingerprint density at radius 2 is 2.40 bits per heavy atom. The van der Waals surface area contributed by atoms with Crippen LogP contribution in [0.25, 0.3) is 6.08 Å². The number of benzene rings is 1. The SMILES string of the molecule is C1=c2c1ccc1c2=NCS1. The predicted molar refractivity (Wildman–Crippen MR) is 41.5 cm³/mol. The second-order valence-electron chi connectivity index (χ2n) is 2.49. The van der Waals surface area contributed by atoms with Gasteiger partial charge in [0.2, 0.25) is 0 Å². The predicted octanol–water partition coefficient (Wildman–Crippen LogP) is 0.512. The largest absolute Gasteiger partial charge is 0.272 e. The van der Waals surface area contributed by atoms with Crippen molar-refractivity contribution in [3.63, 3.8) is 0 Å². The van der Waals surface area contributed by atoms with Gasteiger partial charge in [0.25, 0.3) is 0 Å². The highest BCUT2D eigenvalue weighted by Crippen LogP contribution is 2.18. The van der Waals surface area contributed by atoms with Crippen LogP contribution in [0.4, 0.5) is 0 Å². The van der Waals surface area contributed by atoms with Crippen LogP contribution >= 0.6 is 11.8 Å². The third-order valence-corrected chi connectivity index (χ3v) is 2.77. The molecule has 1 aliphatic carbocycles. The molecular weight excluding hydrogens is 142 g/mol. The molecule has 0 bridgehead atoms. The molecule has 10 heavy (non-hydrogen) atoms. The first-order valence-electron chi connectivity index (χ1n) is 3.27. The van der Waals surface area contributed by atoms with Crippen LogP contribution in [0.1, 0.15) is 5.56 Å². The van der Waals surface area contributed by atoms with E-state index in [4.69, 9.17) is 0 Å². The quantitative estimate of drug-likeness (QED) is 0.529. The van der Waals surface area contributed by atoms with E-state index in [0.717, 1.165) is 5.88 Å². The zero-order valence-electron chi connectivity index (χ0n) is 5.29. The van der Waals surface area contributed by atoms with Crippen molar-refractivity contribution < 1.29 is 0 Å². The van der Waals surface area contributed by atoms with Gasteiger partial charge in [-0.2, -0.15) is 0 Å². The molecule has 1 nitrogen and oxygen atoms in total. The fourth-order valence-electron chi connectivity index (χ4n) is 1.29. The highest BCUT2D eigenvalue weighted by molar-refractivity contribution is 7.99. The van der Waals surface area contributed by atoms with Crippen LogP contribution in [0.3, 0.4) is 0 Å². The van der Waals surface area contributed by atoms with Crippen molar-refractivity contribution in [2.75, 3.05) is 5.88 Å². The highest BCUT2D eigenvalue weighted by atomic mass is 32.2. The van der Waals surface area contributed by atoms with Gasteiger partial charge in [-0.1, -0.05) is 6.07 Å². The van der Waals surface area contributed by atoms with Crippen molar-refractivity contribution in [3.8, 4) is 0 Å². The Balaban J connectivity index is 2.59. The third-order valence-electron chi connectivity index (χ3n) is 1.87. The van der Waals surface area contributed by atoms with Crippen LogP contribution in [0.15, 0.2) is 22.0 Å². The van der Waals surface area contributed by atoms with E-state index in [1.54, 1.807) is 0 Å². The summed E-state index contributed by atoms with van der Waals surface area (Å²) in [6.07, 6.45) is 2.19. The smallest absolute Gasteiger partial charge is 0.0898 e. The molecule has 0 saturated carbocycles. The first-order chi connectivity index (χ1) is 4.95. The minimum atomic E-state index is 0.916. The molecule has 2 heteroatoms. The Hall–Kier alpha value is -0.760. The van der Waals surface area contributed by atoms with Crippen LogP contribution in [-0.4, -0.2) is 5.88 Å². The van der Waals surface area contributed by atoms with E-state index in [-0.39, 0.29) is 0 Å². The third kappa shape index (κ3) is 0.480. The summed E-state index contributed by atoms with van der Waals surface area (Å²) in [6, 6.07) is 4.33. The number of nitrogens with zero attached hydrogens (tertiary/aromatic N) is 1. The molecule has 1 aromatic rings. The van der Waals surface area contributed by atoms with Gasteiger partial charge >= 0.3 is 0 Å². The van der Waals surface area contributed by atoms with Gasteiger partial charge in [-0.25, -0.2) is 0 Å². The molecule has 1 heterocycles. The normalized spacial score (nSPS) is 16.8. The van der Waals surface area contributed by atoms with Gasteiger partial charge in [-0.05, 0) is 17.7 Å². The van der Waals surface area contributed by atoms with Gasteiger partial charge in [-0.15, -0.1) is 11.8 Å². The standard InChI is InChI=1S/C8H5NS/c1-2-7-8(9-4-10-7)6-3-5(1)6/h1-3H,4H2. The molecular formula is C8H5NS. The molecule has 0 amide bonds. The van der Waals surface area contributed by atoms with E-state index in [1.165, 1.54) is 21.0 Å². The van der Waals surface area contributed by atoms with Crippen LogP contribution in [0.5, 0.6) is 0 Å². The molecule has 1 aliphatic heterocycles. The molecule has 0 radical (unpaired) electrons. The average Bonchev–Trinajstić information content (AvgIpc) is 2.60. The number of fused-ring (bicyclic) bond motifs is 3. The molecule has 0 fully saturated rings. The second kappa shape index (κ2) is 1.45. The summed E-state index contributed by atoms with van der Waals surface area (Å²) in [7, 11) is 0. The molecule has 0 atom stereocenters. The topological polar surface area (TPSA) is 12.4 Å². The van der Waals surface area contributed by atoms with Crippen LogP contribution in [0, 0.1) is 0 Å². The molecule has 0 spiro atoms. The molecule has 48 valence electrons. The lowest BCUT2D eigenvalue weighted by molar-refractivity contribution is 1.20. The van der Waals surface area contributed by atoms with Gasteiger partial charge in [-0.3, -0.25) is 4.99 Å². The maximum absolute atomic E-state index is 4.38. The Morgan fingerprint density at radius 3 is 3.40 bits per heavy atom. The Kier molecular flexibility index (Phi) is 0.722. The number of hydrogen-bond acceptors (Lipinski definition) is 2. The van der Waals surface area contributed by atoms with Gasteiger partial charge in [0, 0.05) is 10.1 Å². The summed E-state index contributed by atoms with van der Waals surface area (Å²) in [5.74, 6) is 0.916. The Morgan fingerprint density at radius 1 is 1.40 bits per heavy atom. The average molecular weight is 147 g/mol. The van der Waals surface area contributed by atoms with Crippen molar-refractivity contribution in [2.24, 2.45) is 4.99 Å². The molecule has 3 rings (SSSR count).